The van der Waals surface area contributed by atoms with Crippen molar-refractivity contribution in [2.45, 2.75) is 25.2 Å². The molecule has 1 aromatic heterocycles. The SMILES string of the molecule is CC1(c2ncc(N)cc2C(=O)O)CC1. The average Bonchev–Trinajstić information content (AvgIpc) is 2.84. The van der Waals surface area contributed by atoms with Crippen LogP contribution in [0.5, 0.6) is 0 Å². The highest BCUT2D eigenvalue weighted by molar-refractivity contribution is 5.90. The summed E-state index contributed by atoms with van der Waals surface area (Å²) in [5.74, 6) is -0.951. The topological polar surface area (TPSA) is 76.2 Å². The first kappa shape index (κ1) is 8.99. The first-order valence-corrected chi connectivity index (χ1v) is 4.52. The van der Waals surface area contributed by atoms with Crippen LogP contribution in [0.25, 0.3) is 0 Å². The molecule has 0 unspecified atom stereocenters. The zero-order valence-electron chi connectivity index (χ0n) is 7.95. The van der Waals surface area contributed by atoms with Crippen molar-refractivity contribution in [3.8, 4) is 0 Å². The zero-order chi connectivity index (χ0) is 10.3. The Hall–Kier alpha value is -1.58. The van der Waals surface area contributed by atoms with E-state index in [4.69, 9.17) is 10.8 Å². The van der Waals surface area contributed by atoms with Gasteiger partial charge in [0.15, 0.2) is 0 Å². The molecule has 0 spiro atoms. The van der Waals surface area contributed by atoms with Crippen molar-refractivity contribution in [3.63, 3.8) is 0 Å². The zero-order valence-corrected chi connectivity index (χ0v) is 7.95. The number of carbonyl (C=O) groups is 1. The fraction of sp³-hybridized carbons (Fsp3) is 0.400. The van der Waals surface area contributed by atoms with Gasteiger partial charge in [-0.25, -0.2) is 4.79 Å². The monoisotopic (exact) mass is 192 g/mol. The van der Waals surface area contributed by atoms with E-state index in [9.17, 15) is 4.79 Å². The van der Waals surface area contributed by atoms with Gasteiger partial charge in [-0.3, -0.25) is 4.98 Å². The predicted octanol–water partition coefficient (Wildman–Crippen LogP) is 1.41. The molecule has 3 N–H and O–H groups in total. The Kier molecular flexibility index (Phi) is 1.74. The second-order valence-corrected chi connectivity index (χ2v) is 4.03. The van der Waals surface area contributed by atoms with Crippen molar-refractivity contribution in [1.82, 2.24) is 4.98 Å². The van der Waals surface area contributed by atoms with Gasteiger partial charge in [0.25, 0.3) is 0 Å². The van der Waals surface area contributed by atoms with Crippen LogP contribution in [0.4, 0.5) is 5.69 Å². The molecule has 1 saturated carbocycles. The van der Waals surface area contributed by atoms with Gasteiger partial charge >= 0.3 is 5.97 Å². The van der Waals surface area contributed by atoms with Gasteiger partial charge < -0.3 is 10.8 Å². The maximum absolute atomic E-state index is 11.0. The van der Waals surface area contributed by atoms with Gasteiger partial charge in [-0.05, 0) is 18.9 Å². The Morgan fingerprint density at radius 1 is 1.64 bits per heavy atom. The van der Waals surface area contributed by atoms with E-state index in [0.717, 1.165) is 12.8 Å². The number of aromatic carboxylic acids is 1. The Bertz CT molecular complexity index is 397. The number of rotatable bonds is 2. The fourth-order valence-electron chi connectivity index (χ4n) is 1.55. The van der Waals surface area contributed by atoms with E-state index in [2.05, 4.69) is 4.98 Å². The number of carboxylic acid groups (broad SMARTS) is 1. The molecule has 1 aromatic rings. The molecule has 4 nitrogen and oxygen atoms in total. The molecule has 0 amide bonds. The molecular weight excluding hydrogens is 180 g/mol. The Morgan fingerprint density at radius 2 is 2.29 bits per heavy atom. The minimum Gasteiger partial charge on any atom is -0.478 e. The number of pyridine rings is 1. The van der Waals surface area contributed by atoms with Crippen LogP contribution < -0.4 is 5.73 Å². The number of anilines is 1. The molecule has 4 heteroatoms. The lowest BCUT2D eigenvalue weighted by Gasteiger charge is -2.11. The van der Waals surface area contributed by atoms with E-state index in [0.29, 0.717) is 11.4 Å². The second kappa shape index (κ2) is 2.70. The molecule has 1 aliphatic rings. The van der Waals surface area contributed by atoms with Crippen LogP contribution in [0.15, 0.2) is 12.3 Å². The summed E-state index contributed by atoms with van der Waals surface area (Å²) in [5, 5.41) is 8.99. The largest absolute Gasteiger partial charge is 0.478 e. The molecule has 1 aliphatic carbocycles. The Balaban J connectivity index is 2.54. The molecular formula is C10H12N2O2. The fourth-order valence-corrected chi connectivity index (χ4v) is 1.55. The van der Waals surface area contributed by atoms with E-state index >= 15 is 0 Å². The van der Waals surface area contributed by atoms with Crippen LogP contribution >= 0.6 is 0 Å². The van der Waals surface area contributed by atoms with E-state index in [-0.39, 0.29) is 11.0 Å². The lowest BCUT2D eigenvalue weighted by Crippen LogP contribution is -2.12. The van der Waals surface area contributed by atoms with Gasteiger partial charge in [-0.1, -0.05) is 6.92 Å². The highest BCUT2D eigenvalue weighted by Gasteiger charge is 2.43. The normalized spacial score (nSPS) is 17.8. The van der Waals surface area contributed by atoms with Crippen LogP contribution in [0.1, 0.15) is 35.8 Å². The van der Waals surface area contributed by atoms with Crippen molar-refractivity contribution in [2.24, 2.45) is 0 Å². The molecule has 0 aliphatic heterocycles. The summed E-state index contributed by atoms with van der Waals surface area (Å²) in [7, 11) is 0. The number of hydrogen-bond donors (Lipinski definition) is 2. The first-order chi connectivity index (χ1) is 6.53. The average molecular weight is 192 g/mol. The minimum absolute atomic E-state index is 0.0403. The Morgan fingerprint density at radius 3 is 2.79 bits per heavy atom. The third-order valence-electron chi connectivity index (χ3n) is 2.71. The molecule has 0 atom stereocenters. The van der Waals surface area contributed by atoms with Gasteiger partial charge in [0.05, 0.1) is 23.1 Å². The standard InChI is InChI=1S/C10H12N2O2/c1-10(2-3-10)8-7(9(13)14)4-6(11)5-12-8/h4-5H,2-3,11H2,1H3,(H,13,14). The van der Waals surface area contributed by atoms with Gasteiger partial charge in [0.2, 0.25) is 0 Å². The second-order valence-electron chi connectivity index (χ2n) is 4.03. The number of hydrogen-bond acceptors (Lipinski definition) is 3. The van der Waals surface area contributed by atoms with Crippen LogP contribution in [0.2, 0.25) is 0 Å². The van der Waals surface area contributed by atoms with E-state index < -0.39 is 5.97 Å². The van der Waals surface area contributed by atoms with Crippen molar-refractivity contribution in [3.05, 3.63) is 23.5 Å². The third kappa shape index (κ3) is 1.32. The molecule has 74 valence electrons. The molecule has 0 aromatic carbocycles. The number of nitrogen functional groups attached to an aromatic ring is 1. The quantitative estimate of drug-likeness (QED) is 0.742. The molecule has 2 rings (SSSR count). The summed E-state index contributed by atoms with van der Waals surface area (Å²) >= 11 is 0. The minimum atomic E-state index is -0.951. The highest BCUT2D eigenvalue weighted by Crippen LogP contribution is 2.47. The number of aromatic nitrogens is 1. The smallest absolute Gasteiger partial charge is 0.337 e. The lowest BCUT2D eigenvalue weighted by atomic mass is 9.99. The molecule has 0 radical (unpaired) electrons. The van der Waals surface area contributed by atoms with Crippen LogP contribution in [-0.4, -0.2) is 16.1 Å². The summed E-state index contributed by atoms with van der Waals surface area (Å²) in [6.45, 7) is 2.03. The van der Waals surface area contributed by atoms with E-state index in [1.54, 1.807) is 0 Å². The summed E-state index contributed by atoms with van der Waals surface area (Å²) in [6.07, 6.45) is 3.53. The molecule has 1 heterocycles. The van der Waals surface area contributed by atoms with Gasteiger partial charge in [0, 0.05) is 5.41 Å². The maximum Gasteiger partial charge on any atom is 0.337 e. The summed E-state index contributed by atoms with van der Waals surface area (Å²) in [6, 6.07) is 1.48. The molecule has 0 bridgehead atoms. The van der Waals surface area contributed by atoms with E-state index in [1.807, 2.05) is 6.92 Å². The van der Waals surface area contributed by atoms with Crippen molar-refractivity contribution in [2.75, 3.05) is 5.73 Å². The molecule has 1 fully saturated rings. The van der Waals surface area contributed by atoms with Crippen molar-refractivity contribution >= 4 is 11.7 Å². The Labute approximate surface area is 81.8 Å². The summed E-state index contributed by atoms with van der Waals surface area (Å²) in [4.78, 5) is 15.1. The maximum atomic E-state index is 11.0. The number of carboxylic acids is 1. The highest BCUT2D eigenvalue weighted by atomic mass is 16.4. The predicted molar refractivity (Wildman–Crippen MR) is 52.2 cm³/mol. The molecule has 0 saturated heterocycles. The van der Waals surface area contributed by atoms with Crippen LogP contribution in [-0.2, 0) is 5.41 Å². The summed E-state index contributed by atoms with van der Waals surface area (Å²) < 4.78 is 0. The third-order valence-corrected chi connectivity index (χ3v) is 2.71. The lowest BCUT2D eigenvalue weighted by molar-refractivity contribution is 0.0694. The van der Waals surface area contributed by atoms with Gasteiger partial charge in [-0.15, -0.1) is 0 Å². The van der Waals surface area contributed by atoms with Crippen LogP contribution in [0.3, 0.4) is 0 Å². The van der Waals surface area contributed by atoms with Gasteiger partial charge in [-0.2, -0.15) is 0 Å². The number of nitrogens with two attached hydrogens (primary N) is 1. The van der Waals surface area contributed by atoms with Crippen LogP contribution in [0, 0.1) is 0 Å². The number of nitrogens with zero attached hydrogens (tertiary/aromatic N) is 1. The van der Waals surface area contributed by atoms with Crippen molar-refractivity contribution < 1.29 is 9.90 Å². The first-order valence-electron chi connectivity index (χ1n) is 4.52. The molecule has 14 heavy (non-hydrogen) atoms. The van der Waals surface area contributed by atoms with Gasteiger partial charge in [0.1, 0.15) is 0 Å². The van der Waals surface area contributed by atoms with Crippen molar-refractivity contribution in [1.29, 1.82) is 0 Å². The summed E-state index contributed by atoms with van der Waals surface area (Å²) in [5.41, 5.74) is 6.77. The van der Waals surface area contributed by atoms with E-state index in [1.165, 1.54) is 12.3 Å².